The maximum atomic E-state index is 11.3. The summed E-state index contributed by atoms with van der Waals surface area (Å²) < 4.78 is 38.7. The summed E-state index contributed by atoms with van der Waals surface area (Å²) in [6.45, 7) is 1.79. The summed E-state index contributed by atoms with van der Waals surface area (Å²) in [6.07, 6.45) is 0. The topological polar surface area (TPSA) is 105 Å². The van der Waals surface area contributed by atoms with E-state index in [4.69, 9.17) is 4.42 Å². The molecule has 0 fully saturated rings. The normalized spacial score (nSPS) is 12.4. The van der Waals surface area contributed by atoms with Gasteiger partial charge in [-0.05, 0) is 43.3 Å². The second-order valence-corrected chi connectivity index (χ2v) is 8.41. The highest BCUT2D eigenvalue weighted by molar-refractivity contribution is 7.85. The molecule has 0 aliphatic rings. The van der Waals surface area contributed by atoms with Crippen LogP contribution >= 0.6 is 11.3 Å². The number of furan rings is 1. The Bertz CT molecular complexity index is 1260. The predicted octanol–water partition coefficient (Wildman–Crippen LogP) is 4.64. The van der Waals surface area contributed by atoms with Gasteiger partial charge in [0.2, 0.25) is 5.13 Å². The molecule has 7 nitrogen and oxygen atoms in total. The van der Waals surface area contributed by atoms with Crippen LogP contribution in [-0.4, -0.2) is 23.7 Å². The first-order valence-corrected chi connectivity index (χ1v) is 10.5. The van der Waals surface area contributed by atoms with Crippen molar-refractivity contribution < 1.29 is 17.4 Å². The molecule has 2 heterocycles. The third-order valence-electron chi connectivity index (χ3n) is 3.99. The quantitative estimate of drug-likeness (QED) is 0.281. The maximum absolute atomic E-state index is 11.3. The van der Waals surface area contributed by atoms with Crippen molar-refractivity contribution in [1.82, 2.24) is 4.98 Å². The monoisotopic (exact) mass is 413 g/mol. The van der Waals surface area contributed by atoms with Crippen LogP contribution in [0.1, 0.15) is 12.7 Å². The third kappa shape index (κ3) is 3.81. The summed E-state index contributed by atoms with van der Waals surface area (Å²) in [5, 5.41) is 4.98. The standard InChI is InChI=1S/C19H15N3O4S2/c1-12(21-22-19-20-15-7-2-3-8-18(15)27-19)16-9-10-17(26-16)13-5-4-6-14(11-13)28(23,24)25/h2-11H,1H3,(H,20,22)(H,23,24,25). The molecule has 4 rings (SSSR count). The Labute approximate surface area is 165 Å². The van der Waals surface area contributed by atoms with Crippen molar-refractivity contribution in [3.8, 4) is 11.3 Å². The number of hydrazone groups is 1. The van der Waals surface area contributed by atoms with E-state index in [1.165, 1.54) is 29.5 Å². The number of anilines is 1. The summed E-state index contributed by atoms with van der Waals surface area (Å²) in [5.74, 6) is 0.996. The van der Waals surface area contributed by atoms with E-state index in [1.54, 1.807) is 25.1 Å². The molecule has 0 saturated carbocycles. The van der Waals surface area contributed by atoms with Crippen molar-refractivity contribution in [3.05, 3.63) is 66.4 Å². The fourth-order valence-corrected chi connectivity index (χ4v) is 3.94. The summed E-state index contributed by atoms with van der Waals surface area (Å²) in [6, 6.07) is 17.2. The molecule has 2 aromatic carbocycles. The number of para-hydroxylation sites is 1. The average molecular weight is 413 g/mol. The van der Waals surface area contributed by atoms with Crippen molar-refractivity contribution >= 4 is 42.5 Å². The van der Waals surface area contributed by atoms with E-state index in [9.17, 15) is 13.0 Å². The van der Waals surface area contributed by atoms with Crippen LogP contribution in [-0.2, 0) is 10.1 Å². The minimum Gasteiger partial charge on any atom is -0.455 e. The average Bonchev–Trinajstić information content (AvgIpc) is 3.32. The molecule has 0 aliphatic carbocycles. The first-order valence-electron chi connectivity index (χ1n) is 8.24. The van der Waals surface area contributed by atoms with Crippen LogP contribution in [0.2, 0.25) is 0 Å². The smallest absolute Gasteiger partial charge is 0.294 e. The molecule has 4 aromatic rings. The van der Waals surface area contributed by atoms with Crippen molar-refractivity contribution in [1.29, 1.82) is 0 Å². The van der Waals surface area contributed by atoms with Crippen LogP contribution in [0.15, 0.2) is 75.1 Å². The lowest BCUT2D eigenvalue weighted by Crippen LogP contribution is -1.98. The third-order valence-corrected chi connectivity index (χ3v) is 5.78. The highest BCUT2D eigenvalue weighted by atomic mass is 32.2. The summed E-state index contributed by atoms with van der Waals surface area (Å²) >= 11 is 1.50. The summed E-state index contributed by atoms with van der Waals surface area (Å²) in [4.78, 5) is 4.26. The Morgan fingerprint density at radius 3 is 2.75 bits per heavy atom. The minimum atomic E-state index is -4.27. The van der Waals surface area contributed by atoms with E-state index in [0.717, 1.165) is 10.2 Å². The molecule has 2 aromatic heterocycles. The molecule has 0 amide bonds. The number of fused-ring (bicyclic) bond motifs is 1. The van der Waals surface area contributed by atoms with Gasteiger partial charge in [-0.3, -0.25) is 9.98 Å². The van der Waals surface area contributed by atoms with Gasteiger partial charge in [0.05, 0.1) is 15.1 Å². The Morgan fingerprint density at radius 1 is 1.14 bits per heavy atom. The molecule has 0 atom stereocenters. The van der Waals surface area contributed by atoms with Crippen LogP contribution in [0.3, 0.4) is 0 Å². The fraction of sp³-hybridized carbons (Fsp3) is 0.0526. The molecule has 9 heteroatoms. The second-order valence-electron chi connectivity index (χ2n) is 5.96. The van der Waals surface area contributed by atoms with Crippen LogP contribution in [0.4, 0.5) is 5.13 Å². The zero-order valence-corrected chi connectivity index (χ0v) is 16.3. The highest BCUT2D eigenvalue weighted by Crippen LogP contribution is 2.27. The number of thiazole rings is 1. The first-order chi connectivity index (χ1) is 13.4. The van der Waals surface area contributed by atoms with E-state index >= 15 is 0 Å². The van der Waals surface area contributed by atoms with Gasteiger partial charge in [-0.15, -0.1) is 0 Å². The van der Waals surface area contributed by atoms with Gasteiger partial charge in [0.15, 0.2) is 5.76 Å². The Kier molecular flexibility index (Phi) is 4.71. The van der Waals surface area contributed by atoms with Crippen LogP contribution in [0, 0.1) is 0 Å². The van der Waals surface area contributed by atoms with Gasteiger partial charge in [0, 0.05) is 5.56 Å². The van der Waals surface area contributed by atoms with Crippen LogP contribution in [0.5, 0.6) is 0 Å². The zero-order valence-electron chi connectivity index (χ0n) is 14.7. The van der Waals surface area contributed by atoms with E-state index in [0.29, 0.717) is 27.9 Å². The van der Waals surface area contributed by atoms with Crippen molar-refractivity contribution in [3.63, 3.8) is 0 Å². The Balaban J connectivity index is 1.55. The van der Waals surface area contributed by atoms with E-state index in [2.05, 4.69) is 15.5 Å². The van der Waals surface area contributed by atoms with E-state index in [1.807, 2.05) is 24.3 Å². The van der Waals surface area contributed by atoms with Crippen molar-refractivity contribution in [2.45, 2.75) is 11.8 Å². The fourth-order valence-electron chi connectivity index (χ4n) is 2.60. The molecule has 28 heavy (non-hydrogen) atoms. The lowest BCUT2D eigenvalue weighted by Gasteiger charge is -2.01. The molecule has 142 valence electrons. The predicted molar refractivity (Wildman–Crippen MR) is 109 cm³/mol. The number of hydrogen-bond acceptors (Lipinski definition) is 7. The van der Waals surface area contributed by atoms with Gasteiger partial charge in [-0.1, -0.05) is 35.6 Å². The zero-order chi connectivity index (χ0) is 19.7. The van der Waals surface area contributed by atoms with Gasteiger partial charge < -0.3 is 4.42 Å². The van der Waals surface area contributed by atoms with Gasteiger partial charge in [0.25, 0.3) is 10.1 Å². The van der Waals surface area contributed by atoms with Crippen LogP contribution < -0.4 is 5.43 Å². The molecule has 0 saturated heterocycles. The van der Waals surface area contributed by atoms with E-state index in [-0.39, 0.29) is 4.90 Å². The van der Waals surface area contributed by atoms with Crippen molar-refractivity contribution in [2.24, 2.45) is 5.10 Å². The number of hydrogen-bond donors (Lipinski definition) is 2. The molecular weight excluding hydrogens is 398 g/mol. The summed E-state index contributed by atoms with van der Waals surface area (Å²) in [5.41, 5.74) is 4.98. The molecule has 0 aliphatic heterocycles. The molecule has 0 unspecified atom stereocenters. The Morgan fingerprint density at radius 2 is 1.96 bits per heavy atom. The maximum Gasteiger partial charge on any atom is 0.294 e. The first kappa shape index (κ1) is 18.4. The van der Waals surface area contributed by atoms with Gasteiger partial charge >= 0.3 is 0 Å². The van der Waals surface area contributed by atoms with Crippen LogP contribution in [0.25, 0.3) is 21.5 Å². The number of rotatable bonds is 5. The van der Waals surface area contributed by atoms with Gasteiger partial charge in [-0.2, -0.15) is 13.5 Å². The SMILES string of the molecule is CC(=NNc1nc2ccccc2s1)c1ccc(-c2cccc(S(=O)(=O)O)c2)o1. The molecule has 0 spiro atoms. The van der Waals surface area contributed by atoms with Crippen molar-refractivity contribution in [2.75, 3.05) is 5.43 Å². The van der Waals surface area contributed by atoms with E-state index < -0.39 is 10.1 Å². The molecule has 0 bridgehead atoms. The van der Waals surface area contributed by atoms with Gasteiger partial charge in [0.1, 0.15) is 11.5 Å². The largest absolute Gasteiger partial charge is 0.455 e. The number of nitrogens with one attached hydrogen (secondary N) is 1. The Hall–Kier alpha value is -3.01. The minimum absolute atomic E-state index is 0.189. The second kappa shape index (κ2) is 7.19. The number of aromatic nitrogens is 1. The number of benzene rings is 2. The number of nitrogens with zero attached hydrogens (tertiary/aromatic N) is 2. The molecule has 0 radical (unpaired) electrons. The lowest BCUT2D eigenvalue weighted by atomic mass is 10.2. The summed E-state index contributed by atoms with van der Waals surface area (Å²) in [7, 11) is -4.27. The lowest BCUT2D eigenvalue weighted by molar-refractivity contribution is 0.483. The van der Waals surface area contributed by atoms with Gasteiger partial charge in [-0.25, -0.2) is 4.98 Å². The highest BCUT2D eigenvalue weighted by Gasteiger charge is 2.13. The molecule has 2 N–H and O–H groups in total. The molecular formula is C19H15N3O4S2.